The van der Waals surface area contributed by atoms with Gasteiger partial charge in [0.05, 0.1) is 6.26 Å². The molecule has 2 aromatic rings. The third-order valence-electron chi connectivity index (χ3n) is 4.49. The minimum Gasteiger partial charge on any atom is -0.459 e. The third kappa shape index (κ3) is 4.75. The van der Waals surface area contributed by atoms with Crippen LogP contribution < -0.4 is 5.32 Å². The van der Waals surface area contributed by atoms with Crippen LogP contribution in [0.5, 0.6) is 0 Å². The number of likely N-dealkylation sites (tertiary alicyclic amines) is 1. The van der Waals surface area contributed by atoms with E-state index < -0.39 is 6.04 Å². The highest BCUT2D eigenvalue weighted by Gasteiger charge is 2.33. The molecular weight excluding hydrogens is 378 g/mol. The summed E-state index contributed by atoms with van der Waals surface area (Å²) in [6, 6.07) is 9.82. The van der Waals surface area contributed by atoms with Crippen molar-refractivity contribution in [3.8, 4) is 0 Å². The molecule has 1 aliphatic rings. The summed E-state index contributed by atoms with van der Waals surface area (Å²) in [5, 5.41) is 2.81. The van der Waals surface area contributed by atoms with Gasteiger partial charge in [0.2, 0.25) is 5.91 Å². The van der Waals surface area contributed by atoms with Crippen molar-refractivity contribution in [2.45, 2.75) is 30.2 Å². The zero-order chi connectivity index (χ0) is 20.1. The number of carbonyl (C=O) groups is 3. The number of nitrogens with zero attached hydrogens (tertiary/aromatic N) is 2. The summed E-state index contributed by atoms with van der Waals surface area (Å²) in [5.41, 5.74) is 0.627. The van der Waals surface area contributed by atoms with Crippen molar-refractivity contribution in [3.63, 3.8) is 0 Å². The van der Waals surface area contributed by atoms with E-state index >= 15 is 0 Å². The monoisotopic (exact) mass is 401 g/mol. The molecule has 2 heterocycles. The van der Waals surface area contributed by atoms with Crippen LogP contribution in [-0.2, 0) is 4.79 Å². The summed E-state index contributed by atoms with van der Waals surface area (Å²) in [6.45, 7) is 0.528. The van der Waals surface area contributed by atoms with Crippen LogP contribution in [0, 0.1) is 0 Å². The molecule has 1 saturated heterocycles. The van der Waals surface area contributed by atoms with Gasteiger partial charge in [0.25, 0.3) is 11.1 Å². The van der Waals surface area contributed by atoms with Crippen molar-refractivity contribution >= 4 is 34.5 Å². The maximum atomic E-state index is 12.8. The number of rotatable bonds is 4. The second kappa shape index (κ2) is 8.97. The highest BCUT2D eigenvalue weighted by molar-refractivity contribution is 8.13. The quantitative estimate of drug-likeness (QED) is 0.790. The lowest BCUT2D eigenvalue weighted by molar-refractivity contribution is -0.121. The van der Waals surface area contributed by atoms with Gasteiger partial charge in [-0.3, -0.25) is 14.4 Å². The maximum Gasteiger partial charge on any atom is 0.290 e. The number of benzene rings is 1. The van der Waals surface area contributed by atoms with E-state index in [2.05, 4.69) is 5.32 Å². The normalized spacial score (nSPS) is 16.5. The Morgan fingerprint density at radius 1 is 1.14 bits per heavy atom. The lowest BCUT2D eigenvalue weighted by Gasteiger charge is -2.34. The molecule has 1 aromatic heterocycles. The first-order valence-corrected chi connectivity index (χ1v) is 9.92. The van der Waals surface area contributed by atoms with E-state index in [1.54, 1.807) is 55.4 Å². The van der Waals surface area contributed by atoms with Gasteiger partial charge in [0, 0.05) is 31.2 Å². The Bertz CT molecular complexity index is 834. The molecule has 0 saturated carbocycles. The van der Waals surface area contributed by atoms with Crippen LogP contribution in [0.1, 0.15) is 29.8 Å². The molecule has 1 N–H and O–H groups in total. The highest BCUT2D eigenvalue weighted by Crippen LogP contribution is 2.24. The largest absolute Gasteiger partial charge is 0.459 e. The second-order valence-corrected chi connectivity index (χ2v) is 7.79. The molecular formula is C20H23N3O4S. The summed E-state index contributed by atoms with van der Waals surface area (Å²) in [6.07, 6.45) is 3.82. The Labute approximate surface area is 168 Å². The van der Waals surface area contributed by atoms with Gasteiger partial charge in [-0.2, -0.15) is 0 Å². The number of nitrogens with one attached hydrogen (secondary N) is 1. The minimum atomic E-state index is -0.532. The van der Waals surface area contributed by atoms with E-state index in [4.69, 9.17) is 4.42 Å². The average Bonchev–Trinajstić information content (AvgIpc) is 3.23. The van der Waals surface area contributed by atoms with E-state index in [0.29, 0.717) is 18.7 Å². The topological polar surface area (TPSA) is 82.9 Å². The fourth-order valence-electron chi connectivity index (χ4n) is 3.01. The Hall–Kier alpha value is -2.74. The van der Waals surface area contributed by atoms with Gasteiger partial charge in [-0.15, -0.1) is 0 Å². The summed E-state index contributed by atoms with van der Waals surface area (Å²) in [5.74, 6) is -0.241. The van der Waals surface area contributed by atoms with Crippen molar-refractivity contribution in [1.82, 2.24) is 9.80 Å². The van der Waals surface area contributed by atoms with Gasteiger partial charge < -0.3 is 19.5 Å². The molecule has 28 heavy (non-hydrogen) atoms. The molecule has 1 fully saturated rings. The van der Waals surface area contributed by atoms with E-state index in [9.17, 15) is 14.4 Å². The standard InChI is InChI=1S/C20H23N3O4S/c1-22(2)20(26)28-15-10-8-14(9-11-15)21-18(24)16-6-3-4-12-23(16)19(25)17-7-5-13-27-17/h5,7-11,13,16H,3-4,6,12H2,1-2H3,(H,21,24). The van der Waals surface area contributed by atoms with Gasteiger partial charge in [0.15, 0.2) is 5.76 Å². The first-order chi connectivity index (χ1) is 13.5. The number of hydrogen-bond donors (Lipinski definition) is 1. The molecule has 1 aromatic carbocycles. The van der Waals surface area contributed by atoms with Gasteiger partial charge >= 0.3 is 0 Å². The van der Waals surface area contributed by atoms with Gasteiger partial charge in [-0.1, -0.05) is 0 Å². The second-order valence-electron chi connectivity index (χ2n) is 6.76. The summed E-state index contributed by atoms with van der Waals surface area (Å²) in [7, 11) is 3.40. The molecule has 0 bridgehead atoms. The summed E-state index contributed by atoms with van der Waals surface area (Å²) >= 11 is 1.12. The van der Waals surface area contributed by atoms with Crippen molar-refractivity contribution in [3.05, 3.63) is 48.4 Å². The van der Waals surface area contributed by atoms with Crippen molar-refractivity contribution in [2.24, 2.45) is 0 Å². The van der Waals surface area contributed by atoms with E-state index in [1.807, 2.05) is 0 Å². The third-order valence-corrected chi connectivity index (χ3v) is 5.54. The molecule has 7 nitrogen and oxygen atoms in total. The Morgan fingerprint density at radius 3 is 2.54 bits per heavy atom. The Morgan fingerprint density at radius 2 is 1.89 bits per heavy atom. The number of anilines is 1. The van der Waals surface area contributed by atoms with Gasteiger partial charge in [-0.05, 0) is 67.4 Å². The maximum absolute atomic E-state index is 12.8. The molecule has 148 valence electrons. The first-order valence-electron chi connectivity index (χ1n) is 9.10. The average molecular weight is 401 g/mol. The molecule has 8 heteroatoms. The predicted molar refractivity (Wildman–Crippen MR) is 107 cm³/mol. The molecule has 0 aliphatic carbocycles. The highest BCUT2D eigenvalue weighted by atomic mass is 32.2. The van der Waals surface area contributed by atoms with Crippen LogP contribution in [0.4, 0.5) is 10.5 Å². The van der Waals surface area contributed by atoms with Gasteiger partial charge in [0.1, 0.15) is 6.04 Å². The number of amides is 3. The molecule has 1 aliphatic heterocycles. The smallest absolute Gasteiger partial charge is 0.290 e. The lowest BCUT2D eigenvalue weighted by Crippen LogP contribution is -2.49. The molecule has 0 spiro atoms. The van der Waals surface area contributed by atoms with Crippen LogP contribution in [0.15, 0.2) is 52.0 Å². The lowest BCUT2D eigenvalue weighted by atomic mass is 10.0. The minimum absolute atomic E-state index is 0.0638. The Balaban J connectivity index is 1.65. The number of carbonyl (C=O) groups excluding carboxylic acids is 3. The Kier molecular flexibility index (Phi) is 6.41. The number of thioether (sulfide) groups is 1. The number of piperidine rings is 1. The molecule has 1 atom stereocenters. The zero-order valence-electron chi connectivity index (χ0n) is 15.9. The van der Waals surface area contributed by atoms with Crippen molar-refractivity contribution in [1.29, 1.82) is 0 Å². The van der Waals surface area contributed by atoms with E-state index in [-0.39, 0.29) is 22.8 Å². The van der Waals surface area contributed by atoms with Crippen molar-refractivity contribution < 1.29 is 18.8 Å². The van der Waals surface area contributed by atoms with Crippen LogP contribution in [0.25, 0.3) is 0 Å². The van der Waals surface area contributed by atoms with Crippen LogP contribution >= 0.6 is 11.8 Å². The molecule has 1 unspecified atom stereocenters. The van der Waals surface area contributed by atoms with Gasteiger partial charge in [-0.25, -0.2) is 0 Å². The first kappa shape index (κ1) is 20.0. The summed E-state index contributed by atoms with van der Waals surface area (Å²) < 4.78 is 5.20. The molecule has 0 radical (unpaired) electrons. The number of hydrogen-bond acceptors (Lipinski definition) is 5. The summed E-state index contributed by atoms with van der Waals surface area (Å²) in [4.78, 5) is 41.1. The van der Waals surface area contributed by atoms with Crippen LogP contribution in [0.3, 0.4) is 0 Å². The fraction of sp³-hybridized carbons (Fsp3) is 0.350. The van der Waals surface area contributed by atoms with Crippen LogP contribution in [-0.4, -0.2) is 53.5 Å². The predicted octanol–water partition coefficient (Wildman–Crippen LogP) is 3.69. The number of furan rings is 1. The van der Waals surface area contributed by atoms with E-state index in [1.165, 1.54) is 11.2 Å². The zero-order valence-corrected chi connectivity index (χ0v) is 16.7. The SMILES string of the molecule is CN(C)C(=O)Sc1ccc(NC(=O)C2CCCCN2C(=O)c2ccco2)cc1. The van der Waals surface area contributed by atoms with Crippen LogP contribution in [0.2, 0.25) is 0 Å². The fourth-order valence-corrected chi connectivity index (χ4v) is 3.67. The van der Waals surface area contributed by atoms with E-state index in [0.717, 1.165) is 29.5 Å². The molecule has 3 amide bonds. The van der Waals surface area contributed by atoms with Crippen molar-refractivity contribution in [2.75, 3.05) is 26.0 Å². The molecule has 3 rings (SSSR count).